The maximum Gasteiger partial charge on any atom is 0.257 e. The molecule has 0 radical (unpaired) electrons. The molecule has 21 rings (SSSR count). The van der Waals surface area contributed by atoms with Gasteiger partial charge in [0, 0.05) is 96.8 Å². The number of hydrogen-bond donors (Lipinski definition) is 5. The van der Waals surface area contributed by atoms with E-state index in [2.05, 4.69) is 172 Å². The number of benzene rings is 6. The van der Waals surface area contributed by atoms with Gasteiger partial charge >= 0.3 is 0 Å². The lowest BCUT2D eigenvalue weighted by molar-refractivity contribution is 0.112. The zero-order chi connectivity index (χ0) is 83.7. The molecule has 0 aliphatic carbocycles. The Labute approximate surface area is 707 Å². The molecular weight excluding hydrogens is 1540 g/mol. The molecule has 3 saturated heterocycles. The van der Waals surface area contributed by atoms with E-state index >= 15 is 0 Å². The van der Waals surface area contributed by atoms with Gasteiger partial charge in [0.25, 0.3) is 5.56 Å². The largest absolute Gasteiger partial charge is 0.481 e. The molecule has 8 N–H and O–H groups in total. The van der Waals surface area contributed by atoms with Crippen molar-refractivity contribution in [3.63, 3.8) is 0 Å². The number of hydrogen-bond acceptors (Lipinski definition) is 24. The third kappa shape index (κ3) is 16.9. The molecule has 0 amide bonds. The standard InChI is InChI=1S/C32H30N8O.C31H28N8O.C22H16N2O2.C10H14N6/c1-41-32-26-17-25(22-5-3-2-4-6-22)29(38-28(26)11-14-34-32)23-9-7-21(8-10-23)19-39-15-12-24(13-16-39)40-31-27(18-37-40)30(33)35-20-36-31;32-29-26-17-36-39(30(26)35-19-34-29)23-11-14-38(15-12-23)18-20-6-8-22(9-7-20)28-24(21-4-2-1-3-5-21)16-25-27(37-28)10-13-33-31(25)40;1-26-22-19-13-18(16-5-3-2-4-6-16)21(24-20(19)11-12-23-22)17-9-7-15(14-25)8-10-17;11-9-8-5-15-16(10(8)14-6-13-9)7-1-3-12-4-2-7/h2-11,14,17-18,20,24H,12-13,15-16,19H2,1H3,(H2,33,35,36);1-10,13,16-17,19,23H,11-12,14-15,18H2,(H,33,40)(H2,32,34,35);2-14H,1H3;5-7,12H,1-4H2,(H2,11,13,14). The van der Waals surface area contributed by atoms with Crippen LogP contribution < -0.4 is 37.6 Å². The molecule has 28 heteroatoms. The quantitative estimate of drug-likeness (QED) is 0.0561. The highest BCUT2D eigenvalue weighted by molar-refractivity contribution is 5.97. The smallest absolute Gasteiger partial charge is 0.257 e. The fraction of sp³-hybridized carbons (Fsp3) is 0.200. The number of nitrogens with zero attached hydrogens (tertiary/aromatic N) is 19. The van der Waals surface area contributed by atoms with Crippen LogP contribution in [0.25, 0.3) is 133 Å². The monoisotopic (exact) mass is 1630 g/mol. The second-order valence-corrected chi connectivity index (χ2v) is 30.7. The number of aromatic amines is 1. The number of nitrogen functional groups attached to an aromatic ring is 3. The van der Waals surface area contributed by atoms with Gasteiger partial charge < -0.3 is 37.0 Å². The Morgan fingerprint density at radius 2 is 0.756 bits per heavy atom. The van der Waals surface area contributed by atoms with Crippen molar-refractivity contribution in [3.05, 3.63) is 283 Å². The number of anilines is 3. The number of aromatic nitrogens is 18. The number of fused-ring (bicyclic) bond motifs is 6. The summed E-state index contributed by atoms with van der Waals surface area (Å²) >= 11 is 0. The van der Waals surface area contributed by atoms with E-state index in [9.17, 15) is 9.59 Å². The van der Waals surface area contributed by atoms with Gasteiger partial charge in [0.2, 0.25) is 11.8 Å². The zero-order valence-electron chi connectivity index (χ0n) is 67.8. The molecule has 0 spiro atoms. The number of pyridine rings is 6. The Balaban J connectivity index is 0.000000117. The van der Waals surface area contributed by atoms with Crippen LogP contribution in [-0.2, 0) is 13.1 Å². The molecule has 612 valence electrons. The molecule has 0 bridgehead atoms. The molecule has 28 nitrogen and oxygen atoms in total. The summed E-state index contributed by atoms with van der Waals surface area (Å²) in [5.41, 5.74) is 37.6. The number of aldehydes is 1. The lowest BCUT2D eigenvalue weighted by Crippen LogP contribution is -2.34. The number of H-pyrrole nitrogens is 1. The molecule has 3 aliphatic heterocycles. The van der Waals surface area contributed by atoms with Crippen LogP contribution in [0.3, 0.4) is 0 Å². The lowest BCUT2D eigenvalue weighted by Gasteiger charge is -2.32. The number of nitrogens with two attached hydrogens (primary N) is 3. The van der Waals surface area contributed by atoms with E-state index in [-0.39, 0.29) is 5.56 Å². The lowest BCUT2D eigenvalue weighted by atomic mass is 9.97. The normalized spacial score (nSPS) is 14.2. The third-order valence-corrected chi connectivity index (χ3v) is 23.1. The minimum Gasteiger partial charge on any atom is -0.481 e. The molecule has 123 heavy (non-hydrogen) atoms. The summed E-state index contributed by atoms with van der Waals surface area (Å²) in [6.45, 7) is 7.80. The summed E-state index contributed by atoms with van der Waals surface area (Å²) in [6, 6.07) is 68.2. The second-order valence-electron chi connectivity index (χ2n) is 30.7. The minimum atomic E-state index is -0.133. The van der Waals surface area contributed by atoms with E-state index < -0.39 is 0 Å². The van der Waals surface area contributed by atoms with Gasteiger partial charge in [-0.05, 0) is 116 Å². The van der Waals surface area contributed by atoms with Crippen LogP contribution in [0.5, 0.6) is 11.8 Å². The number of ether oxygens (including phenoxy) is 2. The zero-order valence-corrected chi connectivity index (χ0v) is 67.8. The highest BCUT2D eigenvalue weighted by Crippen LogP contribution is 2.40. The van der Waals surface area contributed by atoms with E-state index in [1.165, 1.54) is 30.1 Å². The van der Waals surface area contributed by atoms with Gasteiger partial charge in [-0.25, -0.2) is 68.9 Å². The van der Waals surface area contributed by atoms with E-state index in [0.717, 1.165) is 219 Å². The molecule has 18 aromatic rings. The number of nitrogens with one attached hydrogen (secondary N) is 2. The summed E-state index contributed by atoms with van der Waals surface area (Å²) < 4.78 is 16.9. The predicted molar refractivity (Wildman–Crippen MR) is 480 cm³/mol. The summed E-state index contributed by atoms with van der Waals surface area (Å²) in [4.78, 5) is 80.0. The van der Waals surface area contributed by atoms with Crippen LogP contribution >= 0.6 is 0 Å². The Morgan fingerprint density at radius 1 is 0.398 bits per heavy atom. The van der Waals surface area contributed by atoms with Crippen LogP contribution in [0.15, 0.2) is 261 Å². The topological polar surface area (TPSA) is 360 Å². The molecule has 12 aromatic heterocycles. The van der Waals surface area contributed by atoms with Crippen molar-refractivity contribution in [3.8, 4) is 78.9 Å². The number of carbonyl (C=O) groups is 1. The van der Waals surface area contributed by atoms with Crippen molar-refractivity contribution in [1.82, 2.24) is 104 Å². The van der Waals surface area contributed by atoms with Gasteiger partial charge in [0.05, 0.1) is 117 Å². The molecule has 0 atom stereocenters. The second kappa shape index (κ2) is 35.9. The van der Waals surface area contributed by atoms with E-state index in [0.29, 0.717) is 63.8 Å². The van der Waals surface area contributed by atoms with Gasteiger partial charge in [-0.3, -0.25) is 19.4 Å². The van der Waals surface area contributed by atoms with Gasteiger partial charge in [-0.2, -0.15) is 15.3 Å². The first-order chi connectivity index (χ1) is 60.5. The Morgan fingerprint density at radius 3 is 1.13 bits per heavy atom. The van der Waals surface area contributed by atoms with Gasteiger partial charge in [-0.15, -0.1) is 0 Å². The van der Waals surface area contributed by atoms with Gasteiger partial charge in [-0.1, -0.05) is 164 Å². The van der Waals surface area contributed by atoms with Gasteiger partial charge in [0.1, 0.15) is 42.7 Å². The van der Waals surface area contributed by atoms with Crippen molar-refractivity contribution >= 4 is 89.5 Å². The molecule has 6 aromatic carbocycles. The number of piperidine rings is 3. The van der Waals surface area contributed by atoms with E-state index in [1.54, 1.807) is 63.5 Å². The Hall–Kier alpha value is -15.0. The summed E-state index contributed by atoms with van der Waals surface area (Å²) in [5, 5.41) is 21.7. The fourth-order valence-electron chi connectivity index (χ4n) is 16.7. The van der Waals surface area contributed by atoms with Crippen LogP contribution in [0.2, 0.25) is 0 Å². The SMILES string of the molecule is COc1nccc2nc(-c3ccc(C=O)cc3)c(-c3ccccc3)cc12.COc1nccc2nc(-c3ccc(CN4CCC(n5ncc6c(N)ncnc65)CC4)cc3)c(-c3ccccc3)cc12.Nc1ncnc2c1cnn2C1CCN(Cc2ccc(-c3nc4cc[nH]c(=O)c4cc3-c3ccccc3)cc2)CC1.Nc1ncnc2c1cnn2C1CCNCC1. The number of methoxy groups -OCH3 is 2. The third-order valence-electron chi connectivity index (χ3n) is 23.1. The number of carbonyl (C=O) groups excluding carboxylic acids is 1. The van der Waals surface area contributed by atoms with E-state index in [4.69, 9.17) is 41.6 Å². The minimum absolute atomic E-state index is 0.133. The Kier molecular flexibility index (Phi) is 23.1. The summed E-state index contributed by atoms with van der Waals surface area (Å²) in [6.07, 6.45) is 21.9. The first-order valence-corrected chi connectivity index (χ1v) is 41.0. The van der Waals surface area contributed by atoms with Crippen molar-refractivity contribution in [2.75, 3.05) is 70.7 Å². The van der Waals surface area contributed by atoms with E-state index in [1.807, 2.05) is 105 Å². The van der Waals surface area contributed by atoms with Crippen molar-refractivity contribution in [2.24, 2.45) is 0 Å². The highest BCUT2D eigenvalue weighted by atomic mass is 16.5. The average molecular weight is 1630 g/mol. The molecule has 3 fully saturated rings. The maximum atomic E-state index is 12.5. The summed E-state index contributed by atoms with van der Waals surface area (Å²) in [7, 11) is 3.25. The first-order valence-electron chi connectivity index (χ1n) is 41.0. The highest BCUT2D eigenvalue weighted by Gasteiger charge is 2.28. The van der Waals surface area contributed by atoms with Crippen molar-refractivity contribution < 1.29 is 14.3 Å². The molecule has 0 unspecified atom stereocenters. The van der Waals surface area contributed by atoms with Crippen molar-refractivity contribution in [1.29, 1.82) is 0 Å². The van der Waals surface area contributed by atoms with Crippen LogP contribution in [0.4, 0.5) is 17.5 Å². The van der Waals surface area contributed by atoms with Gasteiger partial charge in [0.15, 0.2) is 16.9 Å². The maximum absolute atomic E-state index is 12.5. The van der Waals surface area contributed by atoms with Crippen molar-refractivity contribution in [2.45, 2.75) is 69.7 Å². The summed E-state index contributed by atoms with van der Waals surface area (Å²) in [5.74, 6) is 2.59. The number of likely N-dealkylation sites (tertiary alicyclic amines) is 2. The van der Waals surface area contributed by atoms with Crippen LogP contribution in [0.1, 0.15) is 78.1 Å². The number of rotatable bonds is 16. The average Bonchev–Trinajstić information content (AvgIpc) is 1.43. The van der Waals surface area contributed by atoms with Crippen LogP contribution in [-0.4, -0.2) is 159 Å². The first kappa shape index (κ1) is 79.1. The predicted octanol–water partition coefficient (Wildman–Crippen LogP) is 15.5. The molecule has 15 heterocycles. The van der Waals surface area contributed by atoms with Crippen LogP contribution in [0, 0.1) is 0 Å². The molecule has 0 saturated carbocycles. The fourth-order valence-corrected chi connectivity index (χ4v) is 16.7. The molecule has 3 aliphatic rings. The Bertz CT molecular complexity index is 6830. The molecular formula is C95H88N24O4.